The number of furan rings is 1. The van der Waals surface area contributed by atoms with E-state index in [1.807, 2.05) is 37.3 Å². The number of rotatable bonds is 6. The molecule has 1 unspecified atom stereocenters. The molecule has 0 bridgehead atoms. The van der Waals surface area contributed by atoms with Crippen LogP contribution in [-0.2, 0) is 16.6 Å². The highest BCUT2D eigenvalue weighted by atomic mass is 32.2. The molecule has 0 N–H and O–H groups in total. The number of ether oxygens (including phenoxy) is 2. The van der Waals surface area contributed by atoms with Crippen LogP contribution in [-0.4, -0.2) is 44.5 Å². The first-order valence-electron chi connectivity index (χ1n) is 8.81. The second-order valence-corrected chi connectivity index (χ2v) is 7.63. The van der Waals surface area contributed by atoms with Gasteiger partial charge in [0.2, 0.25) is 5.82 Å². The van der Waals surface area contributed by atoms with Crippen LogP contribution >= 0.6 is 0 Å². The molecule has 2 aromatic heterocycles. The molecule has 150 valence electrons. The number of methoxy groups -OCH3 is 2. The Hall–Kier alpha value is -3.27. The minimum Gasteiger partial charge on any atom is -0.494 e. The summed E-state index contributed by atoms with van der Waals surface area (Å²) < 4.78 is 31.4. The first-order valence-corrected chi connectivity index (χ1v) is 10.1. The highest BCUT2D eigenvalue weighted by Crippen LogP contribution is 2.36. The Morgan fingerprint density at radius 2 is 1.90 bits per heavy atom. The van der Waals surface area contributed by atoms with Gasteiger partial charge in [0, 0.05) is 12.6 Å². The van der Waals surface area contributed by atoms with Crippen molar-refractivity contribution in [3.05, 3.63) is 41.9 Å². The molecule has 3 heterocycles. The summed E-state index contributed by atoms with van der Waals surface area (Å²) in [6.45, 7) is 1.85. The highest BCUT2D eigenvalue weighted by Gasteiger charge is 2.26. The molecule has 1 atom stereocenters. The van der Waals surface area contributed by atoms with Crippen LogP contribution in [0.2, 0.25) is 0 Å². The van der Waals surface area contributed by atoms with Crippen LogP contribution in [0.4, 0.5) is 0 Å². The second-order valence-electron chi connectivity index (χ2n) is 6.18. The standard InChI is InChI=1S/C19H19N5O4S/c1-12-7-8-15(28-12)19-23-21-16(11-29(25)17-9-10-20-22-17)24(19)18-13(26-2)5-4-6-14(18)27-3/h4-8,10H,9,11H2,1-3H3. The van der Waals surface area contributed by atoms with Gasteiger partial charge in [-0.1, -0.05) is 6.07 Å². The molecule has 0 aliphatic carbocycles. The van der Waals surface area contributed by atoms with E-state index >= 15 is 0 Å². The summed E-state index contributed by atoms with van der Waals surface area (Å²) in [6.07, 6.45) is 2.08. The lowest BCUT2D eigenvalue weighted by Crippen LogP contribution is -2.13. The maximum absolute atomic E-state index is 12.8. The van der Waals surface area contributed by atoms with Gasteiger partial charge in [0.05, 0.1) is 30.8 Å². The molecular formula is C19H19N5O4S. The fourth-order valence-corrected chi connectivity index (χ4v) is 4.00. The van der Waals surface area contributed by atoms with Crippen molar-refractivity contribution in [2.24, 2.45) is 10.2 Å². The summed E-state index contributed by atoms with van der Waals surface area (Å²) in [5.41, 5.74) is 0.600. The number of nitrogens with zero attached hydrogens (tertiary/aromatic N) is 5. The lowest BCUT2D eigenvalue weighted by molar-refractivity contribution is 0.390. The quantitative estimate of drug-likeness (QED) is 0.615. The van der Waals surface area contributed by atoms with Crippen LogP contribution in [0.3, 0.4) is 0 Å². The number of hydrogen-bond donors (Lipinski definition) is 0. The average Bonchev–Trinajstić information content (AvgIpc) is 3.48. The number of aromatic nitrogens is 3. The molecule has 0 saturated carbocycles. The van der Waals surface area contributed by atoms with Crippen molar-refractivity contribution in [3.63, 3.8) is 0 Å². The predicted molar refractivity (Wildman–Crippen MR) is 109 cm³/mol. The van der Waals surface area contributed by atoms with Crippen molar-refractivity contribution < 1.29 is 18.1 Å². The number of para-hydroxylation sites is 1. The van der Waals surface area contributed by atoms with E-state index in [1.165, 1.54) is 0 Å². The van der Waals surface area contributed by atoms with E-state index in [2.05, 4.69) is 20.4 Å². The van der Waals surface area contributed by atoms with Gasteiger partial charge in [-0.05, 0) is 31.2 Å². The zero-order valence-corrected chi connectivity index (χ0v) is 17.0. The van der Waals surface area contributed by atoms with Crippen molar-refractivity contribution in [1.82, 2.24) is 14.8 Å². The van der Waals surface area contributed by atoms with Gasteiger partial charge in [0.25, 0.3) is 0 Å². The Balaban J connectivity index is 1.88. The Kier molecular flexibility index (Phi) is 5.26. The lowest BCUT2D eigenvalue weighted by atomic mass is 10.2. The topological polar surface area (TPSA) is 104 Å². The van der Waals surface area contributed by atoms with Gasteiger partial charge in [-0.2, -0.15) is 5.10 Å². The maximum atomic E-state index is 12.8. The molecule has 4 rings (SSSR count). The molecule has 9 nitrogen and oxygen atoms in total. The third-order valence-electron chi connectivity index (χ3n) is 4.36. The largest absolute Gasteiger partial charge is 0.494 e. The van der Waals surface area contributed by atoms with Gasteiger partial charge >= 0.3 is 0 Å². The Bertz CT molecular complexity index is 1110. The fraction of sp³-hybridized carbons (Fsp3) is 0.263. The van der Waals surface area contributed by atoms with Crippen LogP contribution in [0.25, 0.3) is 17.3 Å². The summed E-state index contributed by atoms with van der Waals surface area (Å²) in [4.78, 5) is 0. The molecule has 0 amide bonds. The van der Waals surface area contributed by atoms with Gasteiger partial charge < -0.3 is 13.9 Å². The van der Waals surface area contributed by atoms with Gasteiger partial charge in [-0.15, -0.1) is 15.3 Å². The first kappa shape index (κ1) is 19.1. The fourth-order valence-electron chi connectivity index (χ4n) is 3.02. The molecule has 0 radical (unpaired) electrons. The van der Waals surface area contributed by atoms with Gasteiger partial charge in [0.1, 0.15) is 28.0 Å². The monoisotopic (exact) mass is 413 g/mol. The summed E-state index contributed by atoms with van der Waals surface area (Å²) in [6, 6.07) is 9.10. The van der Waals surface area contributed by atoms with E-state index in [1.54, 1.807) is 25.0 Å². The van der Waals surface area contributed by atoms with E-state index in [9.17, 15) is 4.21 Å². The van der Waals surface area contributed by atoms with Crippen molar-refractivity contribution in [2.75, 3.05) is 14.2 Å². The van der Waals surface area contributed by atoms with Crippen molar-refractivity contribution in [1.29, 1.82) is 0 Å². The van der Waals surface area contributed by atoms with E-state index in [0.717, 1.165) is 5.76 Å². The summed E-state index contributed by atoms with van der Waals surface area (Å²) in [5, 5.41) is 16.8. The molecule has 1 aliphatic rings. The van der Waals surface area contributed by atoms with Gasteiger partial charge in [-0.25, -0.2) is 0 Å². The normalized spacial score (nSPS) is 14.1. The Labute approximate surface area is 169 Å². The van der Waals surface area contributed by atoms with E-state index in [4.69, 9.17) is 13.9 Å². The first-order chi connectivity index (χ1) is 14.1. The van der Waals surface area contributed by atoms with Crippen molar-refractivity contribution >= 4 is 22.1 Å². The van der Waals surface area contributed by atoms with Crippen LogP contribution < -0.4 is 9.47 Å². The molecule has 10 heteroatoms. The van der Waals surface area contributed by atoms with Crippen LogP contribution in [0.15, 0.2) is 45.0 Å². The number of aryl methyl sites for hydroxylation is 1. The summed E-state index contributed by atoms with van der Waals surface area (Å²) in [5.74, 6) is 3.41. The van der Waals surface area contributed by atoms with Crippen LogP contribution in [0.1, 0.15) is 18.0 Å². The predicted octanol–water partition coefficient (Wildman–Crippen LogP) is 2.89. The van der Waals surface area contributed by atoms with E-state index in [-0.39, 0.29) is 5.75 Å². The summed E-state index contributed by atoms with van der Waals surface area (Å²) >= 11 is 0. The number of benzene rings is 1. The minimum atomic E-state index is -1.40. The average molecular weight is 413 g/mol. The highest BCUT2D eigenvalue weighted by molar-refractivity contribution is 8.00. The van der Waals surface area contributed by atoms with Crippen LogP contribution in [0, 0.1) is 6.92 Å². The van der Waals surface area contributed by atoms with Gasteiger partial charge in [0.15, 0.2) is 11.6 Å². The molecular weight excluding hydrogens is 394 g/mol. The lowest BCUT2D eigenvalue weighted by Gasteiger charge is -2.16. The molecule has 1 aromatic carbocycles. The third-order valence-corrected chi connectivity index (χ3v) is 5.65. The van der Waals surface area contributed by atoms with E-state index < -0.39 is 10.8 Å². The van der Waals surface area contributed by atoms with Gasteiger partial charge in [-0.3, -0.25) is 8.78 Å². The zero-order valence-electron chi connectivity index (χ0n) is 16.2. The number of hydrogen-bond acceptors (Lipinski definition) is 8. The Morgan fingerprint density at radius 1 is 1.14 bits per heavy atom. The SMILES string of the molecule is COc1cccc(OC)c1-n1c(CS(=O)C2=NN=CC2)nnc1-c1ccc(C)o1. The Morgan fingerprint density at radius 3 is 2.48 bits per heavy atom. The molecule has 0 spiro atoms. The second kappa shape index (κ2) is 8.00. The third kappa shape index (κ3) is 3.58. The maximum Gasteiger partial charge on any atom is 0.204 e. The molecule has 0 fully saturated rings. The minimum absolute atomic E-state index is 0.107. The van der Waals surface area contributed by atoms with Crippen LogP contribution in [0.5, 0.6) is 11.5 Å². The smallest absolute Gasteiger partial charge is 0.204 e. The molecule has 0 saturated heterocycles. The summed E-state index contributed by atoms with van der Waals surface area (Å²) in [7, 11) is 1.75. The van der Waals surface area contributed by atoms with Crippen molar-refractivity contribution in [2.45, 2.75) is 19.1 Å². The molecule has 3 aromatic rings. The molecule has 29 heavy (non-hydrogen) atoms. The van der Waals surface area contributed by atoms with E-state index in [0.29, 0.717) is 46.1 Å². The molecule has 1 aliphatic heterocycles. The van der Waals surface area contributed by atoms with Crippen molar-refractivity contribution in [3.8, 4) is 28.8 Å². The zero-order chi connectivity index (χ0) is 20.4.